The second-order valence-corrected chi connectivity index (χ2v) is 5.74. The molecule has 2 amide bonds. The molecule has 138 valence electrons. The van der Waals surface area contributed by atoms with Crippen molar-refractivity contribution in [3.05, 3.63) is 35.5 Å². The number of nitrogens with zero attached hydrogens (tertiary/aromatic N) is 2. The van der Waals surface area contributed by atoms with Gasteiger partial charge in [0.05, 0.1) is 32.4 Å². The highest BCUT2D eigenvalue weighted by Crippen LogP contribution is 2.26. The number of nitrogens with one attached hydrogen (secondary N) is 1. The van der Waals surface area contributed by atoms with E-state index in [-0.39, 0.29) is 31.0 Å². The Morgan fingerprint density at radius 3 is 2.85 bits per heavy atom. The Morgan fingerprint density at radius 1 is 1.38 bits per heavy atom. The van der Waals surface area contributed by atoms with Crippen LogP contribution in [0.3, 0.4) is 0 Å². The summed E-state index contributed by atoms with van der Waals surface area (Å²) in [6, 6.07) is 6.89. The van der Waals surface area contributed by atoms with Gasteiger partial charge in [-0.25, -0.2) is 9.59 Å². The zero-order valence-corrected chi connectivity index (χ0v) is 14.2. The molecule has 3 rings (SSSR count). The maximum Gasteiger partial charge on any atom is 0.414 e. The van der Waals surface area contributed by atoms with Crippen molar-refractivity contribution in [1.29, 1.82) is 0 Å². The van der Waals surface area contributed by atoms with Gasteiger partial charge in [0.15, 0.2) is 0 Å². The van der Waals surface area contributed by atoms with Crippen molar-refractivity contribution in [3.8, 4) is 0 Å². The van der Waals surface area contributed by atoms with Gasteiger partial charge >= 0.3 is 12.1 Å². The summed E-state index contributed by atoms with van der Waals surface area (Å²) in [5, 5.41) is 12.0. The molecule has 1 saturated heterocycles. The van der Waals surface area contributed by atoms with Crippen molar-refractivity contribution < 1.29 is 29.0 Å². The van der Waals surface area contributed by atoms with E-state index in [0.29, 0.717) is 24.5 Å². The zero-order valence-electron chi connectivity index (χ0n) is 14.2. The zero-order chi connectivity index (χ0) is 18.7. The van der Waals surface area contributed by atoms with E-state index >= 15 is 0 Å². The number of esters is 1. The van der Waals surface area contributed by atoms with Crippen LogP contribution in [0.15, 0.2) is 35.5 Å². The molecule has 2 heterocycles. The van der Waals surface area contributed by atoms with E-state index in [1.54, 1.807) is 24.3 Å². The molecule has 0 unspecified atom stereocenters. The largest absolute Gasteiger partial charge is 0.466 e. The van der Waals surface area contributed by atoms with E-state index in [1.807, 2.05) is 0 Å². The predicted octanol–water partition coefficient (Wildman–Crippen LogP) is 0.317. The lowest BCUT2D eigenvalue weighted by Crippen LogP contribution is -2.31. The summed E-state index contributed by atoms with van der Waals surface area (Å²) >= 11 is 0. The van der Waals surface area contributed by atoms with Crippen LogP contribution in [0.1, 0.15) is 0 Å². The summed E-state index contributed by atoms with van der Waals surface area (Å²) in [6.45, 7) is 0.737. The quantitative estimate of drug-likeness (QED) is 0.702. The van der Waals surface area contributed by atoms with Gasteiger partial charge in [-0.1, -0.05) is 6.07 Å². The molecule has 1 aromatic rings. The summed E-state index contributed by atoms with van der Waals surface area (Å²) in [4.78, 5) is 39.1. The first kappa shape index (κ1) is 17.7. The lowest BCUT2D eigenvalue weighted by molar-refractivity contribution is -0.136. The van der Waals surface area contributed by atoms with Crippen molar-refractivity contribution in [2.75, 3.05) is 50.2 Å². The third kappa shape index (κ3) is 3.33. The molecule has 0 radical (unpaired) electrons. The van der Waals surface area contributed by atoms with E-state index in [2.05, 4.69) is 5.32 Å². The highest BCUT2D eigenvalue weighted by Gasteiger charge is 2.34. The van der Waals surface area contributed by atoms with Crippen LogP contribution in [-0.4, -0.2) is 67.9 Å². The number of carbonyl (C=O) groups is 3. The molecule has 0 spiro atoms. The number of hydrogen-bond donors (Lipinski definition) is 2. The Morgan fingerprint density at radius 2 is 2.19 bits per heavy atom. The minimum atomic E-state index is -0.611. The molecular formula is C17H19N3O6. The van der Waals surface area contributed by atoms with Crippen LogP contribution in [0.5, 0.6) is 0 Å². The monoisotopic (exact) mass is 361 g/mol. The van der Waals surface area contributed by atoms with Gasteiger partial charge in [-0.2, -0.15) is 0 Å². The topological polar surface area (TPSA) is 108 Å². The Bertz CT molecular complexity index is 776. The summed E-state index contributed by atoms with van der Waals surface area (Å²) in [6.07, 6.45) is -0.428. The first-order valence-electron chi connectivity index (χ1n) is 8.08. The van der Waals surface area contributed by atoms with Gasteiger partial charge in [-0.3, -0.25) is 9.69 Å². The van der Waals surface area contributed by atoms with Crippen molar-refractivity contribution in [2.24, 2.45) is 0 Å². The van der Waals surface area contributed by atoms with Crippen LogP contribution in [0.2, 0.25) is 0 Å². The van der Waals surface area contributed by atoms with Gasteiger partial charge in [0, 0.05) is 17.9 Å². The molecule has 9 heteroatoms. The first-order valence-corrected chi connectivity index (χ1v) is 8.08. The minimum absolute atomic E-state index is 0.0620. The molecule has 2 N–H and O–H groups in total. The van der Waals surface area contributed by atoms with Crippen LogP contribution in [-0.2, 0) is 19.1 Å². The molecule has 0 aromatic heterocycles. The van der Waals surface area contributed by atoms with Crippen LogP contribution < -0.4 is 10.2 Å². The summed E-state index contributed by atoms with van der Waals surface area (Å²) in [5.41, 5.74) is 1.46. The molecule has 1 aromatic carbocycles. The number of benzene rings is 1. The number of anilines is 2. The molecule has 2 aliphatic heterocycles. The minimum Gasteiger partial charge on any atom is -0.466 e. The van der Waals surface area contributed by atoms with Gasteiger partial charge in [0.25, 0.3) is 5.91 Å². The van der Waals surface area contributed by atoms with Crippen LogP contribution in [0, 0.1) is 0 Å². The number of β-amino-alcohol motifs (C(OH)–C–C–N with tert-alkyl or cyclic N) is 1. The molecule has 1 fully saturated rings. The Hall–Kier alpha value is -3.07. The summed E-state index contributed by atoms with van der Waals surface area (Å²) in [5.74, 6) is -1.01. The number of rotatable bonds is 6. The van der Waals surface area contributed by atoms with Crippen LogP contribution in [0.4, 0.5) is 16.2 Å². The Balaban J connectivity index is 1.86. The van der Waals surface area contributed by atoms with Gasteiger partial charge in [0.1, 0.15) is 12.3 Å². The number of cyclic esters (lactones) is 1. The third-order valence-electron chi connectivity index (χ3n) is 4.14. The molecule has 0 atom stereocenters. The van der Waals surface area contributed by atoms with E-state index in [9.17, 15) is 14.4 Å². The lowest BCUT2D eigenvalue weighted by atomic mass is 10.2. The molecule has 0 saturated carbocycles. The number of carbonyl (C=O) groups excluding carboxylic acids is 3. The fourth-order valence-electron chi connectivity index (χ4n) is 2.87. The van der Waals surface area contributed by atoms with Crippen LogP contribution in [0.25, 0.3) is 0 Å². The highest BCUT2D eigenvalue weighted by atomic mass is 16.6. The van der Waals surface area contributed by atoms with Crippen molar-refractivity contribution in [2.45, 2.75) is 0 Å². The average molecular weight is 361 g/mol. The van der Waals surface area contributed by atoms with Gasteiger partial charge in [-0.15, -0.1) is 0 Å². The number of amides is 2. The van der Waals surface area contributed by atoms with Gasteiger partial charge < -0.3 is 24.8 Å². The summed E-state index contributed by atoms with van der Waals surface area (Å²) < 4.78 is 9.67. The van der Waals surface area contributed by atoms with Crippen molar-refractivity contribution in [3.63, 3.8) is 0 Å². The number of aliphatic hydroxyl groups excluding tert-OH is 1. The molecule has 9 nitrogen and oxygen atoms in total. The number of hydrogen-bond acceptors (Lipinski definition) is 7. The molecule has 2 aliphatic rings. The first-order chi connectivity index (χ1) is 12.5. The van der Waals surface area contributed by atoms with E-state index in [4.69, 9.17) is 14.6 Å². The number of aliphatic hydroxyl groups is 1. The normalized spacial score (nSPS) is 17.0. The second kappa shape index (κ2) is 7.44. The van der Waals surface area contributed by atoms with E-state index in [1.165, 1.54) is 16.9 Å². The fourth-order valence-corrected chi connectivity index (χ4v) is 2.87. The number of ether oxygens (including phenoxy) is 2. The third-order valence-corrected chi connectivity index (χ3v) is 4.14. The highest BCUT2D eigenvalue weighted by molar-refractivity contribution is 6.08. The second-order valence-electron chi connectivity index (χ2n) is 5.74. The van der Waals surface area contributed by atoms with E-state index in [0.717, 1.165) is 0 Å². The Kier molecular flexibility index (Phi) is 5.08. The van der Waals surface area contributed by atoms with Crippen LogP contribution >= 0.6 is 0 Å². The van der Waals surface area contributed by atoms with E-state index < -0.39 is 18.0 Å². The van der Waals surface area contributed by atoms with Crippen molar-refractivity contribution >= 4 is 29.3 Å². The average Bonchev–Trinajstić information content (AvgIpc) is 3.20. The summed E-state index contributed by atoms with van der Waals surface area (Å²) in [7, 11) is 1.24. The maximum atomic E-state index is 12.5. The lowest BCUT2D eigenvalue weighted by Gasteiger charge is -2.16. The molecule has 0 aliphatic carbocycles. The fraction of sp³-hybridized carbons (Fsp3) is 0.353. The van der Waals surface area contributed by atoms with Crippen molar-refractivity contribution in [1.82, 2.24) is 4.90 Å². The smallest absolute Gasteiger partial charge is 0.414 e. The Labute approximate surface area is 149 Å². The SMILES string of the molecule is COC(=O)C1=C(Nc2cccc(N3CCOC3=O)c2)C(=O)N(CCO)C1. The predicted molar refractivity (Wildman–Crippen MR) is 91.5 cm³/mol. The molecular weight excluding hydrogens is 342 g/mol. The molecule has 0 bridgehead atoms. The number of methoxy groups -OCH3 is 1. The van der Waals surface area contributed by atoms with Gasteiger partial charge in [-0.05, 0) is 18.2 Å². The molecule has 26 heavy (non-hydrogen) atoms. The maximum absolute atomic E-state index is 12.5. The standard InChI is InChI=1S/C17H19N3O6/c1-25-16(23)13-10-19(5-7-21)15(22)14(13)18-11-3-2-4-12(9-11)20-6-8-26-17(20)24/h2-4,9,18,21H,5-8,10H2,1H3. The van der Waals surface area contributed by atoms with Gasteiger partial charge in [0.2, 0.25) is 0 Å².